The molecule has 0 aliphatic carbocycles. The zero-order chi connectivity index (χ0) is 13.2. The first-order valence-electron chi connectivity index (χ1n) is 5.89. The molecule has 3 aromatic rings. The second-order valence-electron chi connectivity index (χ2n) is 4.15. The van der Waals surface area contributed by atoms with Gasteiger partial charge in [-0.25, -0.2) is 0 Å². The van der Waals surface area contributed by atoms with Gasteiger partial charge in [-0.15, -0.1) is 0 Å². The van der Waals surface area contributed by atoms with Gasteiger partial charge in [0, 0.05) is 15.8 Å². The summed E-state index contributed by atoms with van der Waals surface area (Å²) in [4.78, 5) is 16.6. The van der Waals surface area contributed by atoms with Gasteiger partial charge >= 0.3 is 0 Å². The number of aromatic nitrogens is 1. The molecule has 2 aromatic carbocycles. The van der Waals surface area contributed by atoms with Crippen LogP contribution in [0.5, 0.6) is 0 Å². The zero-order valence-electron chi connectivity index (χ0n) is 10.1. The Labute approximate surface area is 114 Å². The molecule has 94 valence electrons. The lowest BCUT2D eigenvalue weighted by molar-refractivity contribution is 0.0993. The Morgan fingerprint density at radius 3 is 2.42 bits per heavy atom. The van der Waals surface area contributed by atoms with Crippen molar-refractivity contribution in [2.24, 2.45) is 5.73 Å². The molecular weight excluding hydrogens is 256 g/mol. The third-order valence-corrected chi connectivity index (χ3v) is 4.00. The van der Waals surface area contributed by atoms with Crippen LogP contribution in [0.1, 0.15) is 10.5 Å². The number of nitrogens with two attached hydrogens (primary N) is 1. The van der Waals surface area contributed by atoms with Gasteiger partial charge in [-0.05, 0) is 18.2 Å². The average Bonchev–Trinajstić information content (AvgIpc) is 2.79. The number of nitrogens with one attached hydrogen (secondary N) is 1. The van der Waals surface area contributed by atoms with Crippen LogP contribution in [0.15, 0.2) is 64.4 Å². The second kappa shape index (κ2) is 4.82. The summed E-state index contributed by atoms with van der Waals surface area (Å²) in [7, 11) is 0. The molecule has 0 saturated carbocycles. The highest BCUT2D eigenvalue weighted by Gasteiger charge is 2.16. The van der Waals surface area contributed by atoms with Crippen LogP contribution < -0.4 is 5.73 Å². The number of carbonyl (C=O) groups is 1. The molecule has 0 unspecified atom stereocenters. The van der Waals surface area contributed by atoms with E-state index in [1.165, 1.54) is 0 Å². The monoisotopic (exact) mass is 268 g/mol. The number of para-hydroxylation sites is 1. The van der Waals surface area contributed by atoms with Crippen LogP contribution in [-0.4, -0.2) is 10.9 Å². The molecule has 4 heteroatoms. The van der Waals surface area contributed by atoms with Crippen LogP contribution in [0.2, 0.25) is 0 Å². The maximum atomic E-state index is 11.6. The van der Waals surface area contributed by atoms with Gasteiger partial charge in [-0.3, -0.25) is 4.79 Å². The number of carbonyl (C=O) groups excluding carboxylic acids is 1. The SMILES string of the molecule is NC(=O)c1[nH]c2ccccc2c1Sc1ccccc1. The Hall–Kier alpha value is -2.20. The molecule has 1 aromatic heterocycles. The molecule has 0 atom stereocenters. The molecule has 0 radical (unpaired) electrons. The number of hydrogen-bond donors (Lipinski definition) is 2. The van der Waals surface area contributed by atoms with E-state index in [1.807, 2.05) is 54.6 Å². The van der Waals surface area contributed by atoms with E-state index in [0.717, 1.165) is 20.7 Å². The normalized spacial score (nSPS) is 10.7. The van der Waals surface area contributed by atoms with Crippen LogP contribution in [0.4, 0.5) is 0 Å². The molecule has 1 amide bonds. The third-order valence-electron chi connectivity index (χ3n) is 2.87. The first-order valence-corrected chi connectivity index (χ1v) is 6.71. The quantitative estimate of drug-likeness (QED) is 0.764. The van der Waals surface area contributed by atoms with Gasteiger partial charge in [-0.1, -0.05) is 48.2 Å². The molecule has 3 rings (SSSR count). The summed E-state index contributed by atoms with van der Waals surface area (Å²) in [6, 6.07) is 17.8. The van der Waals surface area contributed by atoms with Crippen LogP contribution in [-0.2, 0) is 0 Å². The fraction of sp³-hybridized carbons (Fsp3) is 0. The Morgan fingerprint density at radius 1 is 1.00 bits per heavy atom. The van der Waals surface area contributed by atoms with Gasteiger partial charge in [0.25, 0.3) is 5.91 Å². The number of primary amides is 1. The fourth-order valence-corrected chi connectivity index (χ4v) is 3.07. The summed E-state index contributed by atoms with van der Waals surface area (Å²) >= 11 is 1.55. The van der Waals surface area contributed by atoms with Gasteiger partial charge in [0.05, 0.1) is 4.90 Å². The van der Waals surface area contributed by atoms with Crippen LogP contribution >= 0.6 is 11.8 Å². The lowest BCUT2D eigenvalue weighted by Crippen LogP contribution is -2.12. The number of rotatable bonds is 3. The molecule has 0 aliphatic heterocycles. The third kappa shape index (κ3) is 2.22. The fourth-order valence-electron chi connectivity index (χ4n) is 2.00. The molecule has 19 heavy (non-hydrogen) atoms. The Bertz CT molecular complexity index is 734. The van der Waals surface area contributed by atoms with Crippen molar-refractivity contribution in [3.05, 3.63) is 60.3 Å². The Kier molecular flexibility index (Phi) is 3.01. The number of amides is 1. The van der Waals surface area contributed by atoms with Gasteiger partial charge in [-0.2, -0.15) is 0 Å². The summed E-state index contributed by atoms with van der Waals surface area (Å²) in [5.74, 6) is -0.436. The summed E-state index contributed by atoms with van der Waals surface area (Å²) in [5.41, 5.74) is 6.84. The van der Waals surface area contributed by atoms with E-state index >= 15 is 0 Å². The van der Waals surface area contributed by atoms with Crippen molar-refractivity contribution in [2.75, 3.05) is 0 Å². The molecule has 0 bridgehead atoms. The molecule has 0 saturated heterocycles. The van der Waals surface area contributed by atoms with E-state index in [4.69, 9.17) is 5.73 Å². The topological polar surface area (TPSA) is 58.9 Å². The van der Waals surface area contributed by atoms with Crippen molar-refractivity contribution in [3.63, 3.8) is 0 Å². The van der Waals surface area contributed by atoms with Crippen LogP contribution in [0.3, 0.4) is 0 Å². The van der Waals surface area contributed by atoms with Gasteiger partial charge in [0.2, 0.25) is 0 Å². The predicted octanol–water partition coefficient (Wildman–Crippen LogP) is 3.42. The lowest BCUT2D eigenvalue weighted by atomic mass is 10.2. The van der Waals surface area contributed by atoms with Crippen molar-refractivity contribution >= 4 is 28.6 Å². The molecule has 3 N–H and O–H groups in total. The molecule has 0 fully saturated rings. The van der Waals surface area contributed by atoms with E-state index in [1.54, 1.807) is 11.8 Å². The summed E-state index contributed by atoms with van der Waals surface area (Å²) < 4.78 is 0. The maximum Gasteiger partial charge on any atom is 0.266 e. The molecule has 1 heterocycles. The Balaban J connectivity index is 2.15. The highest BCUT2D eigenvalue weighted by Crippen LogP contribution is 2.36. The second-order valence-corrected chi connectivity index (χ2v) is 5.24. The van der Waals surface area contributed by atoms with Crippen molar-refractivity contribution in [1.29, 1.82) is 0 Å². The first kappa shape index (κ1) is 11.9. The van der Waals surface area contributed by atoms with Gasteiger partial charge in [0.15, 0.2) is 0 Å². The number of aromatic amines is 1. The lowest BCUT2D eigenvalue weighted by Gasteiger charge is -2.02. The van der Waals surface area contributed by atoms with Gasteiger partial charge in [0.1, 0.15) is 5.69 Å². The van der Waals surface area contributed by atoms with Crippen LogP contribution in [0.25, 0.3) is 10.9 Å². The minimum atomic E-state index is -0.436. The minimum absolute atomic E-state index is 0.436. The smallest absolute Gasteiger partial charge is 0.266 e. The van der Waals surface area contributed by atoms with E-state index in [9.17, 15) is 4.79 Å². The predicted molar refractivity (Wildman–Crippen MR) is 77.4 cm³/mol. The van der Waals surface area contributed by atoms with Crippen molar-refractivity contribution in [1.82, 2.24) is 4.98 Å². The van der Waals surface area contributed by atoms with Gasteiger partial charge < -0.3 is 10.7 Å². The summed E-state index contributed by atoms with van der Waals surface area (Å²) in [6.45, 7) is 0. The van der Waals surface area contributed by atoms with E-state index < -0.39 is 5.91 Å². The van der Waals surface area contributed by atoms with E-state index in [2.05, 4.69) is 4.98 Å². The average molecular weight is 268 g/mol. The summed E-state index contributed by atoms with van der Waals surface area (Å²) in [5, 5.41) is 1.02. The molecule has 3 nitrogen and oxygen atoms in total. The number of hydrogen-bond acceptors (Lipinski definition) is 2. The molecular formula is C15H12N2OS. The first-order chi connectivity index (χ1) is 9.25. The van der Waals surface area contributed by atoms with Crippen LogP contribution in [0, 0.1) is 0 Å². The van der Waals surface area contributed by atoms with Crippen molar-refractivity contribution < 1.29 is 4.79 Å². The Morgan fingerprint density at radius 2 is 1.68 bits per heavy atom. The molecule has 0 spiro atoms. The maximum absolute atomic E-state index is 11.6. The largest absolute Gasteiger partial charge is 0.364 e. The minimum Gasteiger partial charge on any atom is -0.364 e. The molecule has 0 aliphatic rings. The number of fused-ring (bicyclic) bond motifs is 1. The highest BCUT2D eigenvalue weighted by molar-refractivity contribution is 7.99. The van der Waals surface area contributed by atoms with E-state index in [-0.39, 0.29) is 0 Å². The number of H-pyrrole nitrogens is 1. The van der Waals surface area contributed by atoms with Crippen molar-refractivity contribution in [2.45, 2.75) is 9.79 Å². The van der Waals surface area contributed by atoms with E-state index in [0.29, 0.717) is 5.69 Å². The number of benzene rings is 2. The summed E-state index contributed by atoms with van der Waals surface area (Å²) in [6.07, 6.45) is 0. The highest BCUT2D eigenvalue weighted by atomic mass is 32.2. The van der Waals surface area contributed by atoms with Crippen molar-refractivity contribution in [3.8, 4) is 0 Å². The standard InChI is InChI=1S/C15H12N2OS/c16-15(18)13-14(19-10-6-2-1-3-7-10)11-8-4-5-9-12(11)17-13/h1-9,17H,(H2,16,18). The zero-order valence-corrected chi connectivity index (χ0v) is 10.9.